The van der Waals surface area contributed by atoms with Crippen LogP contribution in [0.3, 0.4) is 0 Å². The molecule has 2 N–H and O–H groups in total. The molecule has 1 aromatic carbocycles. The second-order valence-corrected chi connectivity index (χ2v) is 5.31. The van der Waals surface area contributed by atoms with Crippen LogP contribution in [0.5, 0.6) is 0 Å². The summed E-state index contributed by atoms with van der Waals surface area (Å²) in [6.07, 6.45) is 0. The highest BCUT2D eigenvalue weighted by Gasteiger charge is 2.00. The van der Waals surface area contributed by atoms with E-state index in [0.29, 0.717) is 10.7 Å². The lowest BCUT2D eigenvalue weighted by Gasteiger charge is -2.06. The van der Waals surface area contributed by atoms with Gasteiger partial charge in [0.15, 0.2) is 0 Å². The Kier molecular flexibility index (Phi) is 2.75. The van der Waals surface area contributed by atoms with Crippen molar-refractivity contribution in [2.24, 2.45) is 0 Å². The van der Waals surface area contributed by atoms with Crippen molar-refractivity contribution in [3.8, 4) is 0 Å². The minimum Gasteiger partial charge on any atom is -0.398 e. The summed E-state index contributed by atoms with van der Waals surface area (Å²) in [5.74, 6) is 0. The van der Waals surface area contributed by atoms with Crippen LogP contribution in [0.2, 0.25) is 5.02 Å². The Bertz CT molecular complexity index is 260. The van der Waals surface area contributed by atoms with Gasteiger partial charge >= 0.3 is 0 Å². The highest BCUT2D eigenvalue weighted by molar-refractivity contribution is 7.64. The molecule has 0 aliphatic carbocycles. The lowest BCUT2D eigenvalue weighted by molar-refractivity contribution is 1.72. The Morgan fingerprint density at radius 1 is 1.36 bits per heavy atom. The van der Waals surface area contributed by atoms with Crippen molar-refractivity contribution in [1.82, 2.24) is 0 Å². The molecular weight excluding hydrogens is 177 g/mol. The van der Waals surface area contributed by atoms with Gasteiger partial charge in [0.05, 0.1) is 10.7 Å². The number of halogens is 1. The average Bonchev–Trinajstić information content (AvgIpc) is 1.94. The fourth-order valence-electron chi connectivity index (χ4n) is 0.794. The molecule has 11 heavy (non-hydrogen) atoms. The standard InChI is InChI=1S/C8H11ClNP/c1-11(2)6-3-4-8(10)7(9)5-6/h3-5H,10H2,1-2H3. The van der Waals surface area contributed by atoms with Crippen molar-refractivity contribution in [3.63, 3.8) is 0 Å². The number of hydrogen-bond acceptors (Lipinski definition) is 1. The second kappa shape index (κ2) is 3.42. The molecule has 0 saturated heterocycles. The van der Waals surface area contributed by atoms with Crippen molar-refractivity contribution in [2.75, 3.05) is 19.1 Å². The maximum Gasteiger partial charge on any atom is 0.0641 e. The SMILES string of the molecule is CP(C)c1ccc(N)c(Cl)c1. The fourth-order valence-corrected chi connectivity index (χ4v) is 1.81. The van der Waals surface area contributed by atoms with E-state index in [1.807, 2.05) is 18.2 Å². The maximum absolute atomic E-state index is 5.84. The Hall–Kier alpha value is -0.260. The molecule has 0 aliphatic rings. The summed E-state index contributed by atoms with van der Waals surface area (Å²) in [5, 5.41) is 1.96. The molecule has 0 bridgehead atoms. The number of hydrogen-bond donors (Lipinski definition) is 1. The van der Waals surface area contributed by atoms with E-state index < -0.39 is 0 Å². The number of nitrogens with two attached hydrogens (primary N) is 1. The third-order valence-corrected chi connectivity index (χ3v) is 3.14. The van der Waals surface area contributed by atoms with Gasteiger partial charge in [-0.1, -0.05) is 25.6 Å². The van der Waals surface area contributed by atoms with Crippen LogP contribution >= 0.6 is 19.5 Å². The Labute approximate surface area is 73.3 Å². The normalized spacial score (nSPS) is 10.5. The average molecular weight is 188 g/mol. The largest absolute Gasteiger partial charge is 0.398 e. The highest BCUT2D eigenvalue weighted by atomic mass is 35.5. The molecule has 1 nitrogen and oxygen atoms in total. The Balaban J connectivity index is 3.05. The quantitative estimate of drug-likeness (QED) is 0.530. The van der Waals surface area contributed by atoms with E-state index in [2.05, 4.69) is 13.3 Å². The van der Waals surface area contributed by atoms with Crippen LogP contribution in [-0.4, -0.2) is 13.3 Å². The van der Waals surface area contributed by atoms with Gasteiger partial charge in [-0.05, 0) is 30.8 Å². The minimum atomic E-state index is -0.0642. The predicted molar refractivity (Wildman–Crippen MR) is 54.3 cm³/mol. The summed E-state index contributed by atoms with van der Waals surface area (Å²) in [4.78, 5) is 0. The molecule has 0 fully saturated rings. The van der Waals surface area contributed by atoms with E-state index >= 15 is 0 Å². The van der Waals surface area contributed by atoms with Crippen LogP contribution in [0.25, 0.3) is 0 Å². The lowest BCUT2D eigenvalue weighted by atomic mass is 10.3. The van der Waals surface area contributed by atoms with E-state index in [0.717, 1.165) is 0 Å². The molecule has 0 amide bonds. The summed E-state index contributed by atoms with van der Waals surface area (Å²) < 4.78 is 0. The topological polar surface area (TPSA) is 26.0 Å². The summed E-state index contributed by atoms with van der Waals surface area (Å²) in [6, 6.07) is 5.84. The minimum absolute atomic E-state index is 0.0642. The molecule has 1 aromatic rings. The molecule has 60 valence electrons. The Morgan fingerprint density at radius 3 is 2.45 bits per heavy atom. The molecule has 0 atom stereocenters. The van der Waals surface area contributed by atoms with Gasteiger partial charge in [0.1, 0.15) is 0 Å². The van der Waals surface area contributed by atoms with E-state index in [9.17, 15) is 0 Å². The van der Waals surface area contributed by atoms with E-state index in [1.165, 1.54) is 5.30 Å². The number of rotatable bonds is 1. The van der Waals surface area contributed by atoms with Crippen LogP contribution in [0, 0.1) is 0 Å². The molecular formula is C8H11ClNP. The zero-order chi connectivity index (χ0) is 8.43. The number of nitrogen functional groups attached to an aromatic ring is 1. The summed E-state index contributed by atoms with van der Waals surface area (Å²) >= 11 is 5.84. The monoisotopic (exact) mass is 187 g/mol. The molecule has 0 aromatic heterocycles. The van der Waals surface area contributed by atoms with Crippen LogP contribution < -0.4 is 11.0 Å². The molecule has 0 aliphatic heterocycles. The first kappa shape index (κ1) is 8.83. The van der Waals surface area contributed by atoms with E-state index in [-0.39, 0.29) is 7.92 Å². The van der Waals surface area contributed by atoms with Crippen molar-refractivity contribution in [1.29, 1.82) is 0 Å². The first-order valence-corrected chi connectivity index (χ1v) is 5.95. The van der Waals surface area contributed by atoms with Gasteiger partial charge in [-0.3, -0.25) is 0 Å². The number of benzene rings is 1. The smallest absolute Gasteiger partial charge is 0.0641 e. The molecule has 0 radical (unpaired) electrons. The number of anilines is 1. The van der Waals surface area contributed by atoms with Gasteiger partial charge in [0, 0.05) is 0 Å². The predicted octanol–water partition coefficient (Wildman–Crippen LogP) is 2.29. The van der Waals surface area contributed by atoms with Crippen molar-refractivity contribution in [3.05, 3.63) is 23.2 Å². The third kappa shape index (κ3) is 2.08. The van der Waals surface area contributed by atoms with Gasteiger partial charge in [-0.2, -0.15) is 0 Å². The van der Waals surface area contributed by atoms with Crippen LogP contribution in [0.15, 0.2) is 18.2 Å². The molecule has 0 spiro atoms. The third-order valence-electron chi connectivity index (χ3n) is 1.50. The van der Waals surface area contributed by atoms with Gasteiger partial charge < -0.3 is 5.73 Å². The van der Waals surface area contributed by atoms with Crippen molar-refractivity contribution < 1.29 is 0 Å². The van der Waals surface area contributed by atoms with Gasteiger partial charge in [0.25, 0.3) is 0 Å². The second-order valence-electron chi connectivity index (χ2n) is 2.60. The fraction of sp³-hybridized carbons (Fsp3) is 0.250. The maximum atomic E-state index is 5.84. The van der Waals surface area contributed by atoms with E-state index in [4.69, 9.17) is 17.3 Å². The van der Waals surface area contributed by atoms with Gasteiger partial charge in [-0.25, -0.2) is 0 Å². The summed E-state index contributed by atoms with van der Waals surface area (Å²) in [6.45, 7) is 4.38. The van der Waals surface area contributed by atoms with Crippen LogP contribution in [-0.2, 0) is 0 Å². The van der Waals surface area contributed by atoms with Crippen LogP contribution in [0.1, 0.15) is 0 Å². The highest BCUT2D eigenvalue weighted by Crippen LogP contribution is 2.27. The molecule has 0 unspecified atom stereocenters. The zero-order valence-electron chi connectivity index (χ0n) is 6.63. The van der Waals surface area contributed by atoms with Crippen LogP contribution in [0.4, 0.5) is 5.69 Å². The van der Waals surface area contributed by atoms with Gasteiger partial charge in [0.2, 0.25) is 0 Å². The summed E-state index contributed by atoms with van der Waals surface area (Å²) in [7, 11) is -0.0642. The van der Waals surface area contributed by atoms with Crippen molar-refractivity contribution in [2.45, 2.75) is 0 Å². The Morgan fingerprint density at radius 2 is 2.00 bits per heavy atom. The summed E-state index contributed by atoms with van der Waals surface area (Å²) in [5.41, 5.74) is 6.22. The molecule has 1 rings (SSSR count). The molecule has 3 heteroatoms. The lowest BCUT2D eigenvalue weighted by Crippen LogP contribution is -1.99. The van der Waals surface area contributed by atoms with Gasteiger partial charge in [-0.15, -0.1) is 0 Å². The van der Waals surface area contributed by atoms with E-state index in [1.54, 1.807) is 0 Å². The first-order chi connectivity index (χ1) is 5.11. The van der Waals surface area contributed by atoms with Crippen molar-refractivity contribution >= 4 is 30.5 Å². The molecule has 0 heterocycles. The molecule has 0 saturated carbocycles. The first-order valence-electron chi connectivity index (χ1n) is 3.33. The zero-order valence-corrected chi connectivity index (χ0v) is 8.28.